The van der Waals surface area contributed by atoms with Crippen LogP contribution in [-0.2, 0) is 19.5 Å². The zero-order chi connectivity index (χ0) is 22.9. The van der Waals surface area contributed by atoms with Crippen LogP contribution in [0.25, 0.3) is 10.2 Å². The fourth-order valence-corrected chi connectivity index (χ4v) is 5.57. The molecule has 4 aromatic rings. The van der Waals surface area contributed by atoms with E-state index in [9.17, 15) is 9.59 Å². The second kappa shape index (κ2) is 8.96. The van der Waals surface area contributed by atoms with E-state index in [0.717, 1.165) is 36.3 Å². The Balaban J connectivity index is 1.25. The lowest BCUT2D eigenvalue weighted by atomic mass is 9.99. The Bertz CT molecular complexity index is 1370. The van der Waals surface area contributed by atoms with Crippen LogP contribution in [0.15, 0.2) is 71.5 Å². The number of nitrogens with zero attached hydrogens (tertiary/aromatic N) is 2. The van der Waals surface area contributed by atoms with E-state index in [1.165, 1.54) is 28.0 Å². The van der Waals surface area contributed by atoms with Gasteiger partial charge in [-0.1, -0.05) is 47.7 Å². The van der Waals surface area contributed by atoms with Crippen molar-refractivity contribution in [3.8, 4) is 0 Å². The van der Waals surface area contributed by atoms with Gasteiger partial charge in [0.25, 0.3) is 5.91 Å². The molecule has 1 amide bonds. The van der Waals surface area contributed by atoms with Gasteiger partial charge in [-0.25, -0.2) is 0 Å². The van der Waals surface area contributed by atoms with Crippen molar-refractivity contribution >= 4 is 33.1 Å². The Hall–Kier alpha value is -3.22. The quantitative estimate of drug-likeness (QED) is 0.433. The number of hydrogen-bond acceptors (Lipinski definition) is 4. The van der Waals surface area contributed by atoms with E-state index in [0.29, 0.717) is 11.3 Å². The Kier molecular flexibility index (Phi) is 5.87. The van der Waals surface area contributed by atoms with Crippen molar-refractivity contribution in [3.63, 3.8) is 0 Å². The summed E-state index contributed by atoms with van der Waals surface area (Å²) in [6.45, 7) is 6.88. The molecule has 1 N–H and O–H groups in total. The average molecular weight is 458 g/mol. The van der Waals surface area contributed by atoms with Crippen molar-refractivity contribution in [1.82, 2.24) is 9.47 Å². The first-order valence-corrected chi connectivity index (χ1v) is 12.1. The lowest BCUT2D eigenvalue weighted by Crippen LogP contribution is -2.29. The molecule has 3 aromatic carbocycles. The third-order valence-electron chi connectivity index (χ3n) is 6.22. The van der Waals surface area contributed by atoms with Gasteiger partial charge in [-0.2, -0.15) is 0 Å². The summed E-state index contributed by atoms with van der Waals surface area (Å²) in [5.41, 5.74) is 6.28. The molecule has 2 heterocycles. The minimum atomic E-state index is -0.150. The van der Waals surface area contributed by atoms with E-state index in [-0.39, 0.29) is 16.8 Å². The molecule has 0 radical (unpaired) electrons. The summed E-state index contributed by atoms with van der Waals surface area (Å²) in [6, 6.07) is 22.2. The fraction of sp³-hybridized carbons (Fsp3) is 0.259. The van der Waals surface area contributed by atoms with E-state index >= 15 is 0 Å². The van der Waals surface area contributed by atoms with Crippen molar-refractivity contribution in [3.05, 3.63) is 98.7 Å². The molecule has 0 fully saturated rings. The van der Waals surface area contributed by atoms with Crippen molar-refractivity contribution in [1.29, 1.82) is 0 Å². The summed E-state index contributed by atoms with van der Waals surface area (Å²) in [7, 11) is 0. The average Bonchev–Trinajstić information content (AvgIpc) is 3.14. The van der Waals surface area contributed by atoms with Crippen LogP contribution in [0.5, 0.6) is 0 Å². The number of fused-ring (bicyclic) bond motifs is 2. The van der Waals surface area contributed by atoms with E-state index in [1.54, 1.807) is 4.57 Å². The van der Waals surface area contributed by atoms with Gasteiger partial charge in [0.2, 0.25) is 0 Å². The van der Waals surface area contributed by atoms with Crippen LogP contribution in [0.2, 0.25) is 0 Å². The lowest BCUT2D eigenvalue weighted by molar-refractivity contribution is 0.102. The van der Waals surface area contributed by atoms with Gasteiger partial charge in [-0.3, -0.25) is 19.1 Å². The molecule has 6 heteroatoms. The largest absolute Gasteiger partial charge is 0.322 e. The van der Waals surface area contributed by atoms with Crippen LogP contribution in [0.1, 0.15) is 46.9 Å². The van der Waals surface area contributed by atoms with E-state index < -0.39 is 0 Å². The Labute approximate surface area is 197 Å². The van der Waals surface area contributed by atoms with Crippen LogP contribution in [-0.4, -0.2) is 21.9 Å². The van der Waals surface area contributed by atoms with Crippen molar-refractivity contribution in [2.24, 2.45) is 0 Å². The molecule has 0 saturated carbocycles. The van der Waals surface area contributed by atoms with Crippen LogP contribution in [0.4, 0.5) is 5.69 Å². The predicted octanol–water partition coefficient (Wildman–Crippen LogP) is 5.45. The highest BCUT2D eigenvalue weighted by atomic mass is 32.1. The molecule has 0 unspecified atom stereocenters. The Morgan fingerprint density at radius 2 is 1.79 bits per heavy atom. The van der Waals surface area contributed by atoms with E-state index in [1.807, 2.05) is 56.3 Å². The monoisotopic (exact) mass is 457 g/mol. The minimum Gasteiger partial charge on any atom is -0.322 e. The first-order chi connectivity index (χ1) is 16.0. The molecule has 5 rings (SSSR count). The van der Waals surface area contributed by atoms with E-state index in [2.05, 4.69) is 34.5 Å². The van der Waals surface area contributed by atoms with Gasteiger partial charge in [0.05, 0.1) is 10.2 Å². The third kappa shape index (κ3) is 4.49. The summed E-state index contributed by atoms with van der Waals surface area (Å²) in [6.07, 6.45) is 1.08. The van der Waals surface area contributed by atoms with Gasteiger partial charge in [0.15, 0.2) is 0 Å². The second-order valence-electron chi connectivity index (χ2n) is 8.89. The predicted molar refractivity (Wildman–Crippen MR) is 135 cm³/mol. The van der Waals surface area contributed by atoms with Crippen LogP contribution >= 0.6 is 11.3 Å². The molecule has 1 aromatic heterocycles. The number of anilines is 1. The van der Waals surface area contributed by atoms with Gasteiger partial charge in [-0.05, 0) is 67.3 Å². The van der Waals surface area contributed by atoms with Crippen molar-refractivity contribution in [2.75, 3.05) is 11.9 Å². The number of nitrogens with one attached hydrogen (secondary N) is 1. The maximum Gasteiger partial charge on any atom is 0.308 e. The topological polar surface area (TPSA) is 54.3 Å². The zero-order valence-corrected chi connectivity index (χ0v) is 19.7. The normalized spacial score (nSPS) is 13.9. The molecule has 0 atom stereocenters. The molecular weight excluding hydrogens is 430 g/mol. The SMILES string of the molecule is CC(C)n1c(=O)sc2cc(NC(=O)c3ccc(CN4CCc5ccccc5C4)cc3)ccc21. The summed E-state index contributed by atoms with van der Waals surface area (Å²) < 4.78 is 2.66. The Morgan fingerprint density at radius 1 is 1.03 bits per heavy atom. The molecule has 1 aliphatic rings. The summed E-state index contributed by atoms with van der Waals surface area (Å²) in [5, 5.41) is 2.97. The summed E-state index contributed by atoms with van der Waals surface area (Å²) >= 11 is 1.21. The maximum atomic E-state index is 12.8. The minimum absolute atomic E-state index is 0.0243. The molecule has 0 spiro atoms. The molecule has 1 aliphatic heterocycles. The summed E-state index contributed by atoms with van der Waals surface area (Å²) in [5.74, 6) is -0.150. The third-order valence-corrected chi connectivity index (χ3v) is 7.14. The molecule has 168 valence electrons. The number of amides is 1. The Morgan fingerprint density at radius 3 is 2.55 bits per heavy atom. The maximum absolute atomic E-state index is 12.8. The molecular formula is C27H27N3O2S. The highest BCUT2D eigenvalue weighted by molar-refractivity contribution is 7.16. The standard InChI is InChI=1S/C27H27N3O2S/c1-18(2)30-24-12-11-23(15-25(24)33-27(30)32)28-26(31)21-9-7-19(8-10-21)16-29-14-13-20-5-3-4-6-22(20)17-29/h3-12,15,18H,13-14,16-17H2,1-2H3,(H,28,31). The molecule has 0 saturated heterocycles. The molecule has 0 aliphatic carbocycles. The first kappa shape index (κ1) is 21.6. The number of carbonyl (C=O) groups is 1. The van der Waals surface area contributed by atoms with Gasteiger partial charge in [0, 0.05) is 36.9 Å². The smallest absolute Gasteiger partial charge is 0.308 e. The highest BCUT2D eigenvalue weighted by Gasteiger charge is 2.16. The lowest BCUT2D eigenvalue weighted by Gasteiger charge is -2.28. The highest BCUT2D eigenvalue weighted by Crippen LogP contribution is 2.25. The van der Waals surface area contributed by atoms with Crippen LogP contribution in [0, 0.1) is 0 Å². The fourth-order valence-electron chi connectivity index (χ4n) is 4.52. The zero-order valence-electron chi connectivity index (χ0n) is 18.9. The van der Waals surface area contributed by atoms with Crippen LogP contribution < -0.4 is 10.2 Å². The van der Waals surface area contributed by atoms with Crippen molar-refractivity contribution < 1.29 is 4.79 Å². The van der Waals surface area contributed by atoms with Gasteiger partial charge in [0.1, 0.15) is 0 Å². The van der Waals surface area contributed by atoms with Gasteiger partial charge in [-0.15, -0.1) is 0 Å². The molecule has 0 bridgehead atoms. The number of benzene rings is 3. The second-order valence-corrected chi connectivity index (χ2v) is 9.89. The van der Waals surface area contributed by atoms with Gasteiger partial charge < -0.3 is 5.32 Å². The molecule has 33 heavy (non-hydrogen) atoms. The van der Waals surface area contributed by atoms with E-state index in [4.69, 9.17) is 0 Å². The van der Waals surface area contributed by atoms with Gasteiger partial charge >= 0.3 is 4.87 Å². The van der Waals surface area contributed by atoms with Crippen LogP contribution in [0.3, 0.4) is 0 Å². The number of aromatic nitrogens is 1. The summed E-state index contributed by atoms with van der Waals surface area (Å²) in [4.78, 5) is 27.5. The number of hydrogen-bond donors (Lipinski definition) is 1. The van der Waals surface area contributed by atoms with Crippen molar-refractivity contribution in [2.45, 2.75) is 39.4 Å². The first-order valence-electron chi connectivity index (χ1n) is 11.3. The molecule has 5 nitrogen and oxygen atoms in total. The number of rotatable bonds is 5. The number of thiazole rings is 1. The number of carbonyl (C=O) groups excluding carboxylic acids is 1.